The van der Waals surface area contributed by atoms with Crippen LogP contribution in [-0.4, -0.2) is 56.8 Å². The molecule has 1 atom stereocenters. The maximum absolute atomic E-state index is 11.9. The van der Waals surface area contributed by atoms with Crippen LogP contribution in [0.1, 0.15) is 38.3 Å². The van der Waals surface area contributed by atoms with Gasteiger partial charge in [0, 0.05) is 32.6 Å². The molecule has 0 bridgehead atoms. The van der Waals surface area contributed by atoms with E-state index in [0.29, 0.717) is 11.8 Å². The number of rotatable bonds is 4. The molecule has 2 fully saturated rings. The van der Waals surface area contributed by atoms with Crippen molar-refractivity contribution in [3.63, 3.8) is 0 Å². The summed E-state index contributed by atoms with van der Waals surface area (Å²) in [7, 11) is 0. The Hall–Kier alpha value is -2.18. The summed E-state index contributed by atoms with van der Waals surface area (Å²) >= 11 is 0. The second kappa shape index (κ2) is 6.37. The fraction of sp³-hybridized carbons (Fsp3) is 0.647. The van der Waals surface area contributed by atoms with Gasteiger partial charge < -0.3 is 9.80 Å². The fourth-order valence-electron chi connectivity index (χ4n) is 3.91. The predicted molar refractivity (Wildman–Crippen MR) is 90.9 cm³/mol. The Bertz CT molecular complexity index is 742. The van der Waals surface area contributed by atoms with Crippen LogP contribution < -0.4 is 4.90 Å². The number of hydrogen-bond acceptors (Lipinski definition) is 5. The van der Waals surface area contributed by atoms with Gasteiger partial charge in [-0.05, 0) is 37.7 Å². The van der Waals surface area contributed by atoms with E-state index in [2.05, 4.69) is 33.2 Å². The molecule has 128 valence electrons. The third-order valence-corrected chi connectivity index (χ3v) is 5.17. The third-order valence-electron chi connectivity index (χ3n) is 5.17. The van der Waals surface area contributed by atoms with E-state index in [1.807, 2.05) is 4.90 Å². The van der Waals surface area contributed by atoms with Crippen molar-refractivity contribution in [2.24, 2.45) is 5.92 Å². The normalized spacial score (nSPS) is 21.9. The molecule has 0 saturated carbocycles. The molecule has 0 spiro atoms. The number of likely N-dealkylation sites (tertiary alicyclic amines) is 1. The van der Waals surface area contributed by atoms with Crippen molar-refractivity contribution in [3.8, 4) is 0 Å². The molecule has 2 aromatic rings. The molecule has 2 aromatic heterocycles. The molecule has 1 unspecified atom stereocenters. The molecule has 1 amide bonds. The van der Waals surface area contributed by atoms with Gasteiger partial charge in [-0.1, -0.05) is 6.92 Å². The molecule has 2 saturated heterocycles. The van der Waals surface area contributed by atoms with Crippen LogP contribution in [0.25, 0.3) is 5.65 Å². The molecule has 4 rings (SSSR count). The summed E-state index contributed by atoms with van der Waals surface area (Å²) in [5.74, 6) is 0.853. The average molecular weight is 328 g/mol. The molecule has 2 aliphatic heterocycles. The summed E-state index contributed by atoms with van der Waals surface area (Å²) in [5, 5.41) is 12.8. The maximum atomic E-state index is 11.9. The number of piperidine rings is 1. The first-order valence-corrected chi connectivity index (χ1v) is 8.97. The Morgan fingerprint density at radius 1 is 1.29 bits per heavy atom. The smallest absolute Gasteiger partial charge is 0.222 e. The summed E-state index contributed by atoms with van der Waals surface area (Å²) in [5.41, 5.74) is 3.00. The van der Waals surface area contributed by atoms with Gasteiger partial charge in [0.15, 0.2) is 0 Å². The summed E-state index contributed by atoms with van der Waals surface area (Å²) < 4.78 is 1.78. The first kappa shape index (κ1) is 15.4. The molecule has 2 aliphatic rings. The zero-order chi connectivity index (χ0) is 16.5. The van der Waals surface area contributed by atoms with Gasteiger partial charge in [0.05, 0.1) is 11.4 Å². The number of fused-ring (bicyclic) bond motifs is 1. The van der Waals surface area contributed by atoms with Gasteiger partial charge in [-0.3, -0.25) is 4.79 Å². The lowest BCUT2D eigenvalue weighted by molar-refractivity contribution is -0.128. The minimum absolute atomic E-state index is 0.323. The highest BCUT2D eigenvalue weighted by atomic mass is 16.2. The molecule has 7 nitrogen and oxygen atoms in total. The average Bonchev–Trinajstić information content (AvgIpc) is 3.23. The van der Waals surface area contributed by atoms with Crippen LogP contribution in [0.15, 0.2) is 12.4 Å². The van der Waals surface area contributed by atoms with E-state index < -0.39 is 0 Å². The topological polar surface area (TPSA) is 66.6 Å². The molecule has 0 aliphatic carbocycles. The Balaban J connectivity index is 1.55. The lowest BCUT2D eigenvalue weighted by atomic mass is 9.97. The van der Waals surface area contributed by atoms with Crippen LogP contribution in [0.5, 0.6) is 0 Å². The number of aryl methyl sites for hydroxylation is 1. The van der Waals surface area contributed by atoms with Gasteiger partial charge in [0.25, 0.3) is 0 Å². The van der Waals surface area contributed by atoms with Gasteiger partial charge in [-0.25, -0.2) is 0 Å². The van der Waals surface area contributed by atoms with Crippen LogP contribution >= 0.6 is 0 Å². The Labute approximate surface area is 141 Å². The van der Waals surface area contributed by atoms with Gasteiger partial charge in [0.1, 0.15) is 6.33 Å². The minimum Gasteiger partial charge on any atom is -0.368 e. The molecule has 4 heterocycles. The van der Waals surface area contributed by atoms with E-state index in [0.717, 1.165) is 68.9 Å². The summed E-state index contributed by atoms with van der Waals surface area (Å²) in [6, 6.07) is 2.15. The highest BCUT2D eigenvalue weighted by Gasteiger charge is 2.28. The van der Waals surface area contributed by atoms with Crippen LogP contribution in [0.2, 0.25) is 0 Å². The van der Waals surface area contributed by atoms with Crippen molar-refractivity contribution in [2.75, 3.05) is 31.1 Å². The Kier molecular flexibility index (Phi) is 4.08. The molecule has 0 N–H and O–H groups in total. The van der Waals surface area contributed by atoms with E-state index in [9.17, 15) is 4.79 Å². The molecule has 24 heavy (non-hydrogen) atoms. The first-order chi connectivity index (χ1) is 11.7. The van der Waals surface area contributed by atoms with Crippen molar-refractivity contribution >= 4 is 17.2 Å². The second-order valence-corrected chi connectivity index (χ2v) is 6.87. The van der Waals surface area contributed by atoms with Gasteiger partial charge in [-0.15, -0.1) is 10.2 Å². The number of nitrogens with zero attached hydrogens (tertiary/aromatic N) is 6. The van der Waals surface area contributed by atoms with Crippen LogP contribution in [-0.2, 0) is 11.2 Å². The van der Waals surface area contributed by atoms with Crippen molar-refractivity contribution in [1.82, 2.24) is 24.7 Å². The second-order valence-electron chi connectivity index (χ2n) is 6.87. The van der Waals surface area contributed by atoms with Crippen molar-refractivity contribution < 1.29 is 4.79 Å². The number of anilines is 1. The number of carbonyl (C=O) groups excluding carboxylic acids is 1. The van der Waals surface area contributed by atoms with E-state index in [-0.39, 0.29) is 0 Å². The zero-order valence-electron chi connectivity index (χ0n) is 14.2. The molecule has 0 aromatic carbocycles. The van der Waals surface area contributed by atoms with Crippen molar-refractivity contribution in [1.29, 1.82) is 0 Å². The number of carbonyl (C=O) groups is 1. The van der Waals surface area contributed by atoms with E-state index in [4.69, 9.17) is 0 Å². The number of aromatic nitrogens is 4. The Morgan fingerprint density at radius 2 is 2.21 bits per heavy atom. The van der Waals surface area contributed by atoms with Gasteiger partial charge >= 0.3 is 0 Å². The molecular formula is C17H24N6O. The maximum Gasteiger partial charge on any atom is 0.222 e. The summed E-state index contributed by atoms with van der Waals surface area (Å²) in [6.45, 7) is 5.93. The highest BCUT2D eigenvalue weighted by Crippen LogP contribution is 2.27. The quantitative estimate of drug-likeness (QED) is 0.851. The SMILES string of the molecule is CCc1cc(N2CCCC(CN3CCCC3=O)C2)c2nncn2n1. The van der Waals surface area contributed by atoms with Crippen molar-refractivity contribution in [3.05, 3.63) is 18.1 Å². The fourth-order valence-corrected chi connectivity index (χ4v) is 3.91. The lowest BCUT2D eigenvalue weighted by Gasteiger charge is -2.36. The van der Waals surface area contributed by atoms with E-state index >= 15 is 0 Å². The molecule has 7 heteroatoms. The van der Waals surface area contributed by atoms with Crippen LogP contribution in [0.4, 0.5) is 5.69 Å². The number of hydrogen-bond donors (Lipinski definition) is 0. The molecule has 0 radical (unpaired) electrons. The highest BCUT2D eigenvalue weighted by molar-refractivity contribution is 5.78. The van der Waals surface area contributed by atoms with Gasteiger partial charge in [0.2, 0.25) is 11.6 Å². The Morgan fingerprint density at radius 3 is 3.00 bits per heavy atom. The lowest BCUT2D eigenvalue weighted by Crippen LogP contribution is -2.41. The van der Waals surface area contributed by atoms with E-state index in [1.54, 1.807) is 10.8 Å². The van der Waals surface area contributed by atoms with Gasteiger partial charge in [-0.2, -0.15) is 9.61 Å². The minimum atomic E-state index is 0.323. The first-order valence-electron chi connectivity index (χ1n) is 8.97. The van der Waals surface area contributed by atoms with E-state index in [1.165, 1.54) is 6.42 Å². The molecular weight excluding hydrogens is 304 g/mol. The monoisotopic (exact) mass is 328 g/mol. The van der Waals surface area contributed by atoms with Crippen LogP contribution in [0, 0.1) is 5.92 Å². The predicted octanol–water partition coefficient (Wildman–Crippen LogP) is 1.53. The summed E-state index contributed by atoms with van der Waals surface area (Å²) in [6.07, 6.45) is 6.63. The zero-order valence-corrected chi connectivity index (χ0v) is 14.2. The van der Waals surface area contributed by atoms with Crippen LogP contribution in [0.3, 0.4) is 0 Å². The standard InChI is InChI=1S/C17H24N6O/c1-2-14-9-15(17-19-18-12-23(17)20-14)21-7-3-5-13(10-21)11-22-8-4-6-16(22)24/h9,12-13H,2-8,10-11H2,1H3. The third kappa shape index (κ3) is 2.83. The summed E-state index contributed by atoms with van der Waals surface area (Å²) in [4.78, 5) is 16.4. The largest absolute Gasteiger partial charge is 0.368 e. The number of amides is 1. The van der Waals surface area contributed by atoms with Crippen molar-refractivity contribution in [2.45, 2.75) is 39.0 Å².